The van der Waals surface area contributed by atoms with E-state index in [4.69, 9.17) is 4.42 Å². The van der Waals surface area contributed by atoms with E-state index >= 15 is 0 Å². The summed E-state index contributed by atoms with van der Waals surface area (Å²) in [5, 5.41) is 3.53. The van der Waals surface area contributed by atoms with Gasteiger partial charge in [0.1, 0.15) is 5.76 Å². The summed E-state index contributed by atoms with van der Waals surface area (Å²) in [6.45, 7) is 11.9. The fraction of sp³-hybridized carbons (Fsp3) is 0.733. The van der Waals surface area contributed by atoms with Crippen LogP contribution >= 0.6 is 0 Å². The van der Waals surface area contributed by atoms with Crippen LogP contribution in [0.3, 0.4) is 0 Å². The van der Waals surface area contributed by atoms with Gasteiger partial charge in [-0.05, 0) is 38.9 Å². The molecular weight excluding hydrogens is 224 g/mol. The summed E-state index contributed by atoms with van der Waals surface area (Å²) < 4.78 is 5.36. The van der Waals surface area contributed by atoms with Gasteiger partial charge >= 0.3 is 0 Å². The maximum absolute atomic E-state index is 5.36. The molecule has 3 nitrogen and oxygen atoms in total. The Kier molecular flexibility index (Phi) is 6.44. The van der Waals surface area contributed by atoms with Crippen molar-refractivity contribution in [1.29, 1.82) is 0 Å². The minimum absolute atomic E-state index is 0.561. The van der Waals surface area contributed by atoms with Gasteiger partial charge in [-0.2, -0.15) is 0 Å². The number of likely N-dealkylation sites (N-methyl/N-ethyl adjacent to an activating group) is 1. The van der Waals surface area contributed by atoms with Gasteiger partial charge in [0.2, 0.25) is 0 Å². The van der Waals surface area contributed by atoms with Gasteiger partial charge in [-0.15, -0.1) is 0 Å². The highest BCUT2D eigenvalue weighted by molar-refractivity contribution is 5.15. The molecule has 1 atom stereocenters. The van der Waals surface area contributed by atoms with E-state index in [1.54, 1.807) is 6.26 Å². The van der Waals surface area contributed by atoms with Gasteiger partial charge in [-0.25, -0.2) is 0 Å². The van der Waals surface area contributed by atoms with Crippen LogP contribution in [0.15, 0.2) is 16.7 Å². The maximum Gasteiger partial charge on any atom is 0.105 e. The maximum atomic E-state index is 5.36. The van der Waals surface area contributed by atoms with E-state index in [0.29, 0.717) is 12.0 Å². The summed E-state index contributed by atoms with van der Waals surface area (Å²) in [6, 6.07) is 2.63. The first kappa shape index (κ1) is 15.3. The van der Waals surface area contributed by atoms with Crippen LogP contribution < -0.4 is 5.32 Å². The molecule has 104 valence electrons. The third kappa shape index (κ3) is 4.46. The van der Waals surface area contributed by atoms with Crippen molar-refractivity contribution in [3.63, 3.8) is 0 Å². The number of nitrogens with one attached hydrogen (secondary N) is 1. The van der Waals surface area contributed by atoms with Crippen molar-refractivity contribution in [1.82, 2.24) is 10.2 Å². The summed E-state index contributed by atoms with van der Waals surface area (Å²) in [5.74, 6) is 1.68. The van der Waals surface area contributed by atoms with Gasteiger partial charge in [-0.3, -0.25) is 4.90 Å². The average Bonchev–Trinajstić information content (AvgIpc) is 2.70. The minimum atomic E-state index is 0.561. The summed E-state index contributed by atoms with van der Waals surface area (Å²) in [4.78, 5) is 2.42. The predicted octanol–water partition coefficient (Wildman–Crippen LogP) is 3.04. The lowest BCUT2D eigenvalue weighted by molar-refractivity contribution is 0.179. The number of nitrogens with zero attached hydrogens (tertiary/aromatic N) is 1. The van der Waals surface area contributed by atoms with Crippen molar-refractivity contribution in [3.8, 4) is 0 Å². The summed E-state index contributed by atoms with van der Waals surface area (Å²) in [6.07, 6.45) is 2.97. The van der Waals surface area contributed by atoms with Crippen LogP contribution in [-0.2, 0) is 6.54 Å². The fourth-order valence-corrected chi connectivity index (χ4v) is 2.29. The molecule has 0 fully saturated rings. The molecule has 0 amide bonds. The van der Waals surface area contributed by atoms with E-state index in [1.807, 2.05) is 6.92 Å². The van der Waals surface area contributed by atoms with Gasteiger partial charge in [0, 0.05) is 24.7 Å². The molecule has 0 saturated heterocycles. The summed E-state index contributed by atoms with van der Waals surface area (Å²) in [7, 11) is 2.20. The smallest absolute Gasteiger partial charge is 0.105 e. The Labute approximate surface area is 112 Å². The number of hydrogen-bond acceptors (Lipinski definition) is 3. The molecule has 0 aliphatic rings. The van der Waals surface area contributed by atoms with Crippen molar-refractivity contribution in [2.24, 2.45) is 5.92 Å². The van der Waals surface area contributed by atoms with E-state index in [2.05, 4.69) is 44.1 Å². The quantitative estimate of drug-likeness (QED) is 0.721. The minimum Gasteiger partial charge on any atom is -0.469 e. The van der Waals surface area contributed by atoms with E-state index in [0.717, 1.165) is 25.4 Å². The van der Waals surface area contributed by atoms with Crippen LogP contribution in [0, 0.1) is 12.8 Å². The molecule has 3 heteroatoms. The Morgan fingerprint density at radius 1 is 1.39 bits per heavy atom. The van der Waals surface area contributed by atoms with Crippen molar-refractivity contribution in [2.45, 2.75) is 46.7 Å². The lowest BCUT2D eigenvalue weighted by Crippen LogP contribution is -2.43. The molecule has 0 aromatic carbocycles. The highest BCUT2D eigenvalue weighted by Gasteiger charge is 2.19. The zero-order valence-corrected chi connectivity index (χ0v) is 12.5. The molecule has 0 radical (unpaired) electrons. The zero-order valence-electron chi connectivity index (χ0n) is 12.5. The Morgan fingerprint density at radius 3 is 2.61 bits per heavy atom. The van der Waals surface area contributed by atoms with E-state index in [-0.39, 0.29) is 0 Å². The fourth-order valence-electron chi connectivity index (χ4n) is 2.29. The van der Waals surface area contributed by atoms with Crippen LogP contribution in [-0.4, -0.2) is 31.1 Å². The van der Waals surface area contributed by atoms with Crippen molar-refractivity contribution in [2.75, 3.05) is 20.1 Å². The lowest BCUT2D eigenvalue weighted by atomic mass is 10.0. The monoisotopic (exact) mass is 252 g/mol. The number of rotatable bonds is 8. The van der Waals surface area contributed by atoms with Crippen molar-refractivity contribution < 1.29 is 4.42 Å². The van der Waals surface area contributed by atoms with Crippen molar-refractivity contribution >= 4 is 0 Å². The largest absolute Gasteiger partial charge is 0.469 e. The molecule has 0 saturated carbocycles. The molecule has 1 aromatic rings. The van der Waals surface area contributed by atoms with Crippen molar-refractivity contribution in [3.05, 3.63) is 23.7 Å². The molecule has 1 heterocycles. The molecule has 18 heavy (non-hydrogen) atoms. The van der Waals surface area contributed by atoms with Gasteiger partial charge in [0.05, 0.1) is 6.26 Å². The SMILES string of the molecule is CCCNCC(C(C)C)N(C)Cc1ccoc1C. The zero-order chi connectivity index (χ0) is 13.5. The van der Waals surface area contributed by atoms with E-state index in [9.17, 15) is 0 Å². The Bertz CT molecular complexity index is 333. The van der Waals surface area contributed by atoms with E-state index < -0.39 is 0 Å². The highest BCUT2D eigenvalue weighted by atomic mass is 16.3. The second-order valence-electron chi connectivity index (χ2n) is 5.43. The second-order valence-corrected chi connectivity index (χ2v) is 5.43. The molecule has 0 bridgehead atoms. The molecule has 0 aliphatic heterocycles. The lowest BCUT2D eigenvalue weighted by Gasteiger charge is -2.31. The van der Waals surface area contributed by atoms with Gasteiger partial charge in [0.25, 0.3) is 0 Å². The predicted molar refractivity (Wildman–Crippen MR) is 76.7 cm³/mol. The van der Waals surface area contributed by atoms with Gasteiger partial charge < -0.3 is 9.73 Å². The molecule has 1 aromatic heterocycles. The van der Waals surface area contributed by atoms with Crippen LogP contribution in [0.1, 0.15) is 38.5 Å². The van der Waals surface area contributed by atoms with Gasteiger partial charge in [-0.1, -0.05) is 20.8 Å². The normalized spacial score (nSPS) is 13.5. The highest BCUT2D eigenvalue weighted by Crippen LogP contribution is 2.15. The molecular formula is C15H28N2O. The topological polar surface area (TPSA) is 28.4 Å². The number of hydrogen-bond donors (Lipinski definition) is 1. The third-order valence-electron chi connectivity index (χ3n) is 3.50. The summed E-state index contributed by atoms with van der Waals surface area (Å²) >= 11 is 0. The standard InChI is InChI=1S/C15H28N2O/c1-6-8-16-10-15(12(2)3)17(5)11-14-7-9-18-13(14)4/h7,9,12,15-16H,6,8,10-11H2,1-5H3. The molecule has 1 N–H and O–H groups in total. The first-order chi connectivity index (χ1) is 8.56. The van der Waals surface area contributed by atoms with Crippen LogP contribution in [0.4, 0.5) is 0 Å². The average molecular weight is 252 g/mol. The first-order valence-corrected chi connectivity index (χ1v) is 7.00. The van der Waals surface area contributed by atoms with Gasteiger partial charge in [0.15, 0.2) is 0 Å². The third-order valence-corrected chi connectivity index (χ3v) is 3.50. The Hall–Kier alpha value is -0.800. The number of furan rings is 1. The number of aryl methyl sites for hydroxylation is 1. The molecule has 0 spiro atoms. The van der Waals surface area contributed by atoms with E-state index in [1.165, 1.54) is 12.0 Å². The molecule has 1 rings (SSSR count). The summed E-state index contributed by atoms with van der Waals surface area (Å²) in [5.41, 5.74) is 1.29. The Balaban J connectivity index is 2.54. The molecule has 1 unspecified atom stereocenters. The van der Waals surface area contributed by atoms with Crippen LogP contribution in [0.5, 0.6) is 0 Å². The Morgan fingerprint density at radius 2 is 2.11 bits per heavy atom. The first-order valence-electron chi connectivity index (χ1n) is 7.00. The van der Waals surface area contributed by atoms with Crippen LogP contribution in [0.2, 0.25) is 0 Å². The van der Waals surface area contributed by atoms with Crippen LogP contribution in [0.25, 0.3) is 0 Å². The molecule has 0 aliphatic carbocycles. The second kappa shape index (κ2) is 7.59.